The van der Waals surface area contributed by atoms with Crippen LogP contribution in [0.2, 0.25) is 0 Å². The number of halogens is 3. The lowest BCUT2D eigenvalue weighted by Crippen LogP contribution is -2.25. The van der Waals surface area contributed by atoms with Crippen molar-refractivity contribution in [3.8, 4) is 5.69 Å². The smallest absolute Gasteiger partial charge is 0.268 e. The highest BCUT2D eigenvalue weighted by molar-refractivity contribution is 5.77. The maximum Gasteiger partial charge on any atom is 0.433 e. The van der Waals surface area contributed by atoms with Gasteiger partial charge in [0.1, 0.15) is 11.5 Å². The second kappa shape index (κ2) is 5.74. The first-order chi connectivity index (χ1) is 11.3. The highest BCUT2D eigenvalue weighted by atomic mass is 19.4. The Labute approximate surface area is 135 Å². The van der Waals surface area contributed by atoms with Gasteiger partial charge in [0.2, 0.25) is 0 Å². The van der Waals surface area contributed by atoms with E-state index in [4.69, 9.17) is 0 Å². The van der Waals surface area contributed by atoms with E-state index in [9.17, 15) is 18.0 Å². The van der Waals surface area contributed by atoms with Crippen molar-refractivity contribution in [3.05, 3.63) is 64.5 Å². The number of benzene rings is 1. The van der Waals surface area contributed by atoms with Crippen molar-refractivity contribution >= 4 is 10.9 Å². The maximum atomic E-state index is 12.8. The minimum atomic E-state index is -4.52. The van der Waals surface area contributed by atoms with Gasteiger partial charge in [-0.05, 0) is 24.3 Å². The molecule has 24 heavy (non-hydrogen) atoms. The van der Waals surface area contributed by atoms with E-state index in [0.717, 1.165) is 12.3 Å². The first-order valence-corrected chi connectivity index (χ1v) is 7.34. The molecule has 1 aromatic carbocycles. The van der Waals surface area contributed by atoms with Gasteiger partial charge in [-0.2, -0.15) is 13.2 Å². The van der Waals surface area contributed by atoms with Crippen molar-refractivity contribution in [2.24, 2.45) is 0 Å². The zero-order valence-corrected chi connectivity index (χ0v) is 13.0. The van der Waals surface area contributed by atoms with Crippen LogP contribution in [-0.4, -0.2) is 14.5 Å². The molecule has 0 aliphatic carbocycles. The fourth-order valence-corrected chi connectivity index (χ4v) is 2.47. The average Bonchev–Trinajstić information content (AvgIpc) is 2.54. The Kier molecular flexibility index (Phi) is 3.87. The summed E-state index contributed by atoms with van der Waals surface area (Å²) in [7, 11) is 0. The molecule has 4 nitrogen and oxygen atoms in total. The molecule has 0 unspecified atom stereocenters. The highest BCUT2D eigenvalue weighted by Gasteiger charge is 2.32. The zero-order chi connectivity index (χ0) is 17.5. The first-order valence-electron chi connectivity index (χ1n) is 7.34. The molecule has 7 heteroatoms. The minimum Gasteiger partial charge on any atom is -0.268 e. The van der Waals surface area contributed by atoms with Crippen LogP contribution in [-0.2, 0) is 6.18 Å². The molecular weight excluding hydrogens is 319 g/mol. The Morgan fingerprint density at radius 2 is 1.79 bits per heavy atom. The summed E-state index contributed by atoms with van der Waals surface area (Å²) >= 11 is 0. The van der Waals surface area contributed by atoms with Crippen molar-refractivity contribution in [3.63, 3.8) is 0 Å². The molecule has 0 atom stereocenters. The first kappa shape index (κ1) is 16.2. The van der Waals surface area contributed by atoms with Crippen LogP contribution in [0.1, 0.15) is 31.3 Å². The zero-order valence-electron chi connectivity index (χ0n) is 13.0. The van der Waals surface area contributed by atoms with E-state index in [2.05, 4.69) is 9.97 Å². The Morgan fingerprint density at radius 3 is 2.38 bits per heavy atom. The third kappa shape index (κ3) is 2.77. The van der Waals surface area contributed by atoms with Gasteiger partial charge in [0.15, 0.2) is 0 Å². The molecule has 0 spiro atoms. The highest BCUT2D eigenvalue weighted by Crippen LogP contribution is 2.28. The predicted molar refractivity (Wildman–Crippen MR) is 84.2 cm³/mol. The van der Waals surface area contributed by atoms with Gasteiger partial charge in [0, 0.05) is 5.92 Å². The fraction of sp³-hybridized carbons (Fsp3) is 0.235. The molecule has 124 valence electrons. The molecule has 0 aliphatic heterocycles. The molecule has 0 N–H and O–H groups in total. The van der Waals surface area contributed by atoms with Gasteiger partial charge in [-0.3, -0.25) is 9.36 Å². The lowest BCUT2D eigenvalue weighted by Gasteiger charge is -2.16. The second-order valence-corrected chi connectivity index (χ2v) is 5.68. The number of hydrogen-bond acceptors (Lipinski definition) is 3. The van der Waals surface area contributed by atoms with Crippen molar-refractivity contribution in [1.29, 1.82) is 0 Å². The predicted octanol–water partition coefficient (Wildman–Crippen LogP) is 3.92. The van der Waals surface area contributed by atoms with Crippen LogP contribution in [0, 0.1) is 0 Å². The molecule has 0 bridgehead atoms. The Bertz CT molecular complexity index is 944. The topological polar surface area (TPSA) is 47.8 Å². The second-order valence-electron chi connectivity index (χ2n) is 5.68. The van der Waals surface area contributed by atoms with E-state index < -0.39 is 11.9 Å². The third-order valence-corrected chi connectivity index (χ3v) is 3.61. The number of pyridine rings is 1. The van der Waals surface area contributed by atoms with Crippen molar-refractivity contribution < 1.29 is 13.2 Å². The average molecular weight is 333 g/mol. The van der Waals surface area contributed by atoms with Crippen LogP contribution in [0.3, 0.4) is 0 Å². The van der Waals surface area contributed by atoms with Gasteiger partial charge < -0.3 is 0 Å². The van der Waals surface area contributed by atoms with Crippen LogP contribution < -0.4 is 5.56 Å². The van der Waals surface area contributed by atoms with E-state index in [1.54, 1.807) is 24.3 Å². The molecular formula is C17H14F3N3O. The molecule has 0 radical (unpaired) electrons. The van der Waals surface area contributed by atoms with Crippen LogP contribution in [0.15, 0.2) is 47.4 Å². The molecule has 2 aromatic heterocycles. The Morgan fingerprint density at radius 1 is 1.08 bits per heavy atom. The molecule has 0 saturated carbocycles. The van der Waals surface area contributed by atoms with Gasteiger partial charge in [-0.15, -0.1) is 0 Å². The molecule has 3 rings (SSSR count). The summed E-state index contributed by atoms with van der Waals surface area (Å²) in [6, 6.07) is 8.97. The van der Waals surface area contributed by atoms with E-state index in [1.807, 2.05) is 13.8 Å². The van der Waals surface area contributed by atoms with Gasteiger partial charge in [-0.1, -0.05) is 26.0 Å². The normalized spacial score (nSPS) is 12.1. The molecule has 0 aliphatic rings. The number of hydrogen-bond donors (Lipinski definition) is 0. The van der Waals surface area contributed by atoms with Crippen LogP contribution in [0.5, 0.6) is 0 Å². The molecule has 2 heterocycles. The summed E-state index contributed by atoms with van der Waals surface area (Å²) in [6.45, 7) is 3.73. The Balaban J connectivity index is 2.26. The molecule has 0 fully saturated rings. The summed E-state index contributed by atoms with van der Waals surface area (Å²) < 4.78 is 39.3. The Hall–Kier alpha value is -2.70. The fourth-order valence-electron chi connectivity index (χ4n) is 2.47. The lowest BCUT2D eigenvalue weighted by molar-refractivity contribution is -0.141. The molecule has 0 saturated heterocycles. The minimum absolute atomic E-state index is 0.0930. The van der Waals surface area contributed by atoms with Crippen molar-refractivity contribution in [2.75, 3.05) is 0 Å². The summed E-state index contributed by atoms with van der Waals surface area (Å²) in [5, 5.41) is 0.404. The number of para-hydroxylation sites is 1. The van der Waals surface area contributed by atoms with Crippen LogP contribution in [0.25, 0.3) is 16.6 Å². The van der Waals surface area contributed by atoms with Gasteiger partial charge in [0.05, 0.1) is 22.8 Å². The number of nitrogens with zero attached hydrogens (tertiary/aromatic N) is 3. The largest absolute Gasteiger partial charge is 0.433 e. The lowest BCUT2D eigenvalue weighted by atomic mass is 10.1. The summed E-state index contributed by atoms with van der Waals surface area (Å²) in [4.78, 5) is 20.7. The quantitative estimate of drug-likeness (QED) is 0.714. The van der Waals surface area contributed by atoms with E-state index in [-0.39, 0.29) is 17.2 Å². The summed E-state index contributed by atoms with van der Waals surface area (Å²) in [5.74, 6) is 0.379. The van der Waals surface area contributed by atoms with E-state index >= 15 is 0 Å². The number of rotatable bonds is 2. The number of fused-ring (bicyclic) bond motifs is 1. The monoisotopic (exact) mass is 333 g/mol. The summed E-state index contributed by atoms with van der Waals surface area (Å²) in [5.41, 5.74) is -0.512. The van der Waals surface area contributed by atoms with Crippen molar-refractivity contribution in [2.45, 2.75) is 25.9 Å². The van der Waals surface area contributed by atoms with Crippen molar-refractivity contribution in [1.82, 2.24) is 14.5 Å². The SMILES string of the molecule is CC(C)c1nc2ccccc2c(=O)n1-c1ccc(C(F)(F)F)nc1. The standard InChI is InChI=1S/C17H14F3N3O/c1-10(2)15-22-13-6-4-3-5-12(13)16(24)23(15)11-7-8-14(21-9-11)17(18,19)20/h3-10H,1-2H3. The third-order valence-electron chi connectivity index (χ3n) is 3.61. The van der Waals surface area contributed by atoms with Gasteiger partial charge in [0.25, 0.3) is 5.56 Å². The van der Waals surface area contributed by atoms with Gasteiger partial charge in [-0.25, -0.2) is 9.97 Å². The molecule has 3 aromatic rings. The maximum absolute atomic E-state index is 12.8. The summed E-state index contributed by atoms with van der Waals surface area (Å²) in [6.07, 6.45) is -3.47. The molecule has 0 amide bonds. The number of alkyl halides is 3. The van der Waals surface area contributed by atoms with E-state index in [0.29, 0.717) is 16.7 Å². The van der Waals surface area contributed by atoms with E-state index in [1.165, 1.54) is 10.6 Å². The number of aromatic nitrogens is 3. The van der Waals surface area contributed by atoms with Crippen LogP contribution in [0.4, 0.5) is 13.2 Å². The van der Waals surface area contributed by atoms with Crippen LogP contribution >= 0.6 is 0 Å². The van der Waals surface area contributed by atoms with Gasteiger partial charge >= 0.3 is 6.18 Å².